The van der Waals surface area contributed by atoms with Crippen molar-refractivity contribution in [2.75, 3.05) is 14.2 Å². The van der Waals surface area contributed by atoms with Gasteiger partial charge in [-0.05, 0) is 29.7 Å². The van der Waals surface area contributed by atoms with Gasteiger partial charge in [-0.25, -0.2) is 0 Å². The van der Waals surface area contributed by atoms with Crippen molar-refractivity contribution in [3.8, 4) is 11.5 Å². The summed E-state index contributed by atoms with van der Waals surface area (Å²) in [4.78, 5) is 0. The van der Waals surface area contributed by atoms with Gasteiger partial charge in [0.1, 0.15) is 11.5 Å². The van der Waals surface area contributed by atoms with Crippen molar-refractivity contribution in [2.24, 2.45) is 0 Å². The molecule has 0 aromatic heterocycles. The number of rotatable bonds is 7. The highest BCUT2D eigenvalue weighted by molar-refractivity contribution is 5.43. The predicted octanol–water partition coefficient (Wildman–Crippen LogP) is 4.96. The van der Waals surface area contributed by atoms with Gasteiger partial charge in [0.05, 0.1) is 20.3 Å². The van der Waals surface area contributed by atoms with E-state index >= 15 is 0 Å². The van der Waals surface area contributed by atoms with E-state index in [4.69, 9.17) is 9.47 Å². The molecule has 1 N–H and O–H groups in total. The van der Waals surface area contributed by atoms with Crippen molar-refractivity contribution in [3.63, 3.8) is 0 Å². The van der Waals surface area contributed by atoms with Crippen molar-refractivity contribution in [1.82, 2.24) is 0 Å². The Bertz CT molecular complexity index is 776. The van der Waals surface area contributed by atoms with Crippen LogP contribution >= 0.6 is 0 Å². The molecule has 1 unspecified atom stereocenters. The molecule has 3 nitrogen and oxygen atoms in total. The maximum absolute atomic E-state index is 11.0. The summed E-state index contributed by atoms with van der Waals surface area (Å²) in [7, 11) is 3.22. The number of aliphatic hydroxyl groups is 1. The van der Waals surface area contributed by atoms with E-state index in [-0.39, 0.29) is 5.92 Å². The largest absolute Gasteiger partial charge is 0.497 e. The van der Waals surface area contributed by atoms with Crippen molar-refractivity contribution < 1.29 is 14.6 Å². The fourth-order valence-electron chi connectivity index (χ4n) is 3.28. The molecule has 26 heavy (non-hydrogen) atoms. The zero-order chi connectivity index (χ0) is 18.4. The number of benzene rings is 3. The van der Waals surface area contributed by atoms with Gasteiger partial charge < -0.3 is 14.6 Å². The Hall–Kier alpha value is -2.78. The minimum absolute atomic E-state index is 0.0965. The molecule has 0 saturated carbocycles. The second-order valence-corrected chi connectivity index (χ2v) is 6.23. The number of ether oxygens (including phenoxy) is 2. The summed E-state index contributed by atoms with van der Waals surface area (Å²) in [6, 6.07) is 26.1. The van der Waals surface area contributed by atoms with Gasteiger partial charge in [0.15, 0.2) is 0 Å². The van der Waals surface area contributed by atoms with Crippen LogP contribution in [-0.4, -0.2) is 19.3 Å². The van der Waals surface area contributed by atoms with Gasteiger partial charge in [-0.1, -0.05) is 60.7 Å². The first kappa shape index (κ1) is 18.0. The Morgan fingerprint density at radius 1 is 0.769 bits per heavy atom. The number of hydrogen-bond donors (Lipinski definition) is 1. The molecule has 0 aliphatic rings. The first-order valence-corrected chi connectivity index (χ1v) is 8.72. The molecule has 0 amide bonds. The first-order chi connectivity index (χ1) is 12.7. The second kappa shape index (κ2) is 8.54. The fraction of sp³-hybridized carbons (Fsp3) is 0.217. The molecule has 3 aromatic carbocycles. The molecule has 3 aromatic rings. The zero-order valence-corrected chi connectivity index (χ0v) is 15.1. The number of hydrogen-bond acceptors (Lipinski definition) is 3. The smallest absolute Gasteiger partial charge is 0.128 e. The maximum atomic E-state index is 11.0. The summed E-state index contributed by atoms with van der Waals surface area (Å²) >= 11 is 0. The highest BCUT2D eigenvalue weighted by atomic mass is 16.5. The van der Waals surface area contributed by atoms with Crippen LogP contribution in [0.4, 0.5) is 0 Å². The maximum Gasteiger partial charge on any atom is 0.128 e. The Balaban J connectivity index is 1.92. The van der Waals surface area contributed by atoms with E-state index in [1.807, 2.05) is 48.5 Å². The first-order valence-electron chi connectivity index (χ1n) is 8.72. The lowest BCUT2D eigenvalue weighted by molar-refractivity contribution is 0.158. The lowest BCUT2D eigenvalue weighted by atomic mass is 9.85. The van der Waals surface area contributed by atoms with Crippen LogP contribution in [0.25, 0.3) is 0 Å². The van der Waals surface area contributed by atoms with Gasteiger partial charge >= 0.3 is 0 Å². The van der Waals surface area contributed by atoms with Gasteiger partial charge in [-0.3, -0.25) is 0 Å². The lowest BCUT2D eigenvalue weighted by Gasteiger charge is -2.23. The van der Waals surface area contributed by atoms with E-state index in [0.717, 1.165) is 5.56 Å². The molecule has 1 atom stereocenters. The summed E-state index contributed by atoms with van der Waals surface area (Å²) in [5, 5.41) is 11.0. The van der Waals surface area contributed by atoms with Crippen LogP contribution in [-0.2, 0) is 0 Å². The third kappa shape index (κ3) is 4.06. The van der Waals surface area contributed by atoms with Gasteiger partial charge in [0.2, 0.25) is 0 Å². The highest BCUT2D eigenvalue weighted by Crippen LogP contribution is 2.37. The third-order valence-corrected chi connectivity index (χ3v) is 4.66. The standard InChI is InChI=1S/C23H24O3/c1-25-19-13-14-20(23(15-19)26-2)22(24)16-21(17-9-5-3-6-10-17)18-11-7-4-8-12-18/h3-15,21-22,24H,16H2,1-2H3. The Morgan fingerprint density at radius 2 is 1.35 bits per heavy atom. The average Bonchev–Trinajstić information content (AvgIpc) is 2.72. The zero-order valence-electron chi connectivity index (χ0n) is 15.1. The van der Waals surface area contributed by atoms with Crippen LogP contribution in [0, 0.1) is 0 Å². The minimum atomic E-state index is -0.652. The summed E-state index contributed by atoms with van der Waals surface area (Å²) < 4.78 is 10.7. The van der Waals surface area contributed by atoms with Crippen LogP contribution in [0.3, 0.4) is 0 Å². The molecule has 3 rings (SSSR count). The molecule has 0 fully saturated rings. The molecule has 0 heterocycles. The lowest BCUT2D eigenvalue weighted by Crippen LogP contribution is -2.09. The van der Waals surface area contributed by atoms with Crippen LogP contribution in [0.15, 0.2) is 78.9 Å². The molecule has 0 bridgehead atoms. The topological polar surface area (TPSA) is 38.7 Å². The minimum Gasteiger partial charge on any atom is -0.497 e. The molecule has 134 valence electrons. The summed E-state index contributed by atoms with van der Waals surface area (Å²) in [6.07, 6.45) is -0.0854. The van der Waals surface area contributed by atoms with Crippen LogP contribution in [0.1, 0.15) is 35.1 Å². The normalized spacial score (nSPS) is 12.0. The number of aliphatic hydroxyl groups excluding tert-OH is 1. The van der Waals surface area contributed by atoms with Gasteiger partial charge in [-0.2, -0.15) is 0 Å². The van der Waals surface area contributed by atoms with E-state index in [9.17, 15) is 5.11 Å². The van der Waals surface area contributed by atoms with E-state index in [2.05, 4.69) is 24.3 Å². The Labute approximate surface area is 154 Å². The van der Waals surface area contributed by atoms with E-state index in [1.165, 1.54) is 11.1 Å². The second-order valence-electron chi connectivity index (χ2n) is 6.23. The quantitative estimate of drug-likeness (QED) is 0.656. The summed E-state index contributed by atoms with van der Waals surface area (Å²) in [5.74, 6) is 1.44. The molecular formula is C23H24O3. The van der Waals surface area contributed by atoms with Crippen molar-refractivity contribution in [3.05, 3.63) is 95.6 Å². The van der Waals surface area contributed by atoms with Gasteiger partial charge in [0, 0.05) is 17.5 Å². The average molecular weight is 348 g/mol. The number of methoxy groups -OCH3 is 2. The third-order valence-electron chi connectivity index (χ3n) is 4.66. The Kier molecular flexibility index (Phi) is 5.92. The highest BCUT2D eigenvalue weighted by Gasteiger charge is 2.22. The molecular weight excluding hydrogens is 324 g/mol. The molecule has 0 aliphatic heterocycles. The fourth-order valence-corrected chi connectivity index (χ4v) is 3.28. The molecule has 0 spiro atoms. The van der Waals surface area contributed by atoms with Crippen LogP contribution in [0.5, 0.6) is 11.5 Å². The van der Waals surface area contributed by atoms with E-state index in [1.54, 1.807) is 20.3 Å². The summed E-state index contributed by atoms with van der Waals surface area (Å²) in [5.41, 5.74) is 3.14. The van der Waals surface area contributed by atoms with Crippen molar-refractivity contribution in [2.45, 2.75) is 18.4 Å². The molecule has 3 heteroatoms. The molecule has 0 aliphatic carbocycles. The molecule has 0 radical (unpaired) electrons. The SMILES string of the molecule is COc1ccc(C(O)CC(c2ccccc2)c2ccccc2)c(OC)c1. The van der Waals surface area contributed by atoms with Crippen LogP contribution in [0.2, 0.25) is 0 Å². The van der Waals surface area contributed by atoms with Gasteiger partial charge in [-0.15, -0.1) is 0 Å². The van der Waals surface area contributed by atoms with E-state index in [0.29, 0.717) is 17.9 Å². The van der Waals surface area contributed by atoms with Crippen molar-refractivity contribution in [1.29, 1.82) is 0 Å². The predicted molar refractivity (Wildman–Crippen MR) is 104 cm³/mol. The van der Waals surface area contributed by atoms with Crippen LogP contribution < -0.4 is 9.47 Å². The Morgan fingerprint density at radius 3 is 1.85 bits per heavy atom. The molecule has 0 saturated heterocycles. The van der Waals surface area contributed by atoms with Crippen molar-refractivity contribution >= 4 is 0 Å². The summed E-state index contributed by atoms with van der Waals surface area (Å²) in [6.45, 7) is 0. The van der Waals surface area contributed by atoms with E-state index < -0.39 is 6.10 Å². The monoisotopic (exact) mass is 348 g/mol. The van der Waals surface area contributed by atoms with Gasteiger partial charge in [0.25, 0.3) is 0 Å².